The van der Waals surface area contributed by atoms with E-state index in [2.05, 4.69) is 15.7 Å². The van der Waals surface area contributed by atoms with E-state index in [1.165, 1.54) is 0 Å². The van der Waals surface area contributed by atoms with Gasteiger partial charge >= 0.3 is 0 Å². The zero-order chi connectivity index (χ0) is 14.6. The van der Waals surface area contributed by atoms with Crippen LogP contribution in [0.15, 0.2) is 30.3 Å². The Hall–Kier alpha value is -1.42. The second-order valence-corrected chi connectivity index (χ2v) is 7.07. The third-order valence-electron chi connectivity index (χ3n) is 3.60. The monoisotopic (exact) mass is 293 g/mol. The molecule has 108 valence electrons. The van der Waals surface area contributed by atoms with Crippen molar-refractivity contribution in [1.82, 2.24) is 9.62 Å². The molecule has 1 saturated heterocycles. The number of nitriles is 1. The Bertz CT molecular complexity index is 585. The summed E-state index contributed by atoms with van der Waals surface area (Å²) in [5.41, 5.74) is -0.235. The summed E-state index contributed by atoms with van der Waals surface area (Å²) in [4.78, 5) is 2.10. The minimum atomic E-state index is -3.51. The SMILES string of the molecule is CN1CCC(C#N)(NS(=O)(=O)Cc2ccccc2)CC1. The van der Waals surface area contributed by atoms with Gasteiger partial charge in [0, 0.05) is 13.1 Å². The number of likely N-dealkylation sites (tertiary alicyclic amines) is 1. The molecule has 0 spiro atoms. The Labute approximate surface area is 120 Å². The maximum atomic E-state index is 12.2. The van der Waals surface area contributed by atoms with Gasteiger partial charge in [-0.1, -0.05) is 30.3 Å². The fourth-order valence-corrected chi connectivity index (χ4v) is 3.91. The summed E-state index contributed by atoms with van der Waals surface area (Å²) in [7, 11) is -1.54. The molecule has 6 heteroatoms. The van der Waals surface area contributed by atoms with Crippen LogP contribution in [0.2, 0.25) is 0 Å². The van der Waals surface area contributed by atoms with Crippen LogP contribution in [0.25, 0.3) is 0 Å². The van der Waals surface area contributed by atoms with E-state index in [0.29, 0.717) is 12.8 Å². The van der Waals surface area contributed by atoms with Crippen molar-refractivity contribution >= 4 is 10.0 Å². The number of rotatable bonds is 4. The van der Waals surface area contributed by atoms with Crippen LogP contribution < -0.4 is 4.72 Å². The first-order valence-corrected chi connectivity index (χ1v) is 8.25. The molecule has 0 saturated carbocycles. The molecular formula is C14H19N3O2S. The van der Waals surface area contributed by atoms with Crippen LogP contribution >= 0.6 is 0 Å². The molecule has 1 heterocycles. The van der Waals surface area contributed by atoms with Gasteiger partial charge in [0.2, 0.25) is 10.0 Å². The molecule has 0 aromatic heterocycles. The number of sulfonamides is 1. The number of benzene rings is 1. The van der Waals surface area contributed by atoms with Crippen molar-refractivity contribution in [3.8, 4) is 6.07 Å². The van der Waals surface area contributed by atoms with Gasteiger partial charge in [-0.15, -0.1) is 0 Å². The van der Waals surface area contributed by atoms with Gasteiger partial charge in [-0.3, -0.25) is 0 Å². The van der Waals surface area contributed by atoms with Gasteiger partial charge in [-0.2, -0.15) is 9.98 Å². The molecule has 0 aliphatic carbocycles. The Balaban J connectivity index is 2.09. The molecule has 1 aliphatic rings. The molecule has 0 unspecified atom stereocenters. The molecular weight excluding hydrogens is 274 g/mol. The van der Waals surface area contributed by atoms with E-state index < -0.39 is 15.6 Å². The van der Waals surface area contributed by atoms with Crippen molar-refractivity contribution in [2.75, 3.05) is 20.1 Å². The molecule has 20 heavy (non-hydrogen) atoms. The summed E-state index contributed by atoms with van der Waals surface area (Å²) in [6.07, 6.45) is 1.04. The van der Waals surface area contributed by atoms with E-state index >= 15 is 0 Å². The highest BCUT2D eigenvalue weighted by molar-refractivity contribution is 7.88. The quantitative estimate of drug-likeness (QED) is 0.902. The molecule has 1 fully saturated rings. The van der Waals surface area contributed by atoms with Crippen LogP contribution in [0.1, 0.15) is 18.4 Å². The Morgan fingerprint density at radius 1 is 1.30 bits per heavy atom. The fraction of sp³-hybridized carbons (Fsp3) is 0.500. The van der Waals surface area contributed by atoms with E-state index in [-0.39, 0.29) is 5.75 Å². The normalized spacial score (nSPS) is 19.4. The van der Waals surface area contributed by atoms with Crippen molar-refractivity contribution in [2.24, 2.45) is 0 Å². The van der Waals surface area contributed by atoms with Crippen molar-refractivity contribution in [3.63, 3.8) is 0 Å². The summed E-state index contributed by atoms with van der Waals surface area (Å²) in [6, 6.07) is 11.2. The summed E-state index contributed by atoms with van der Waals surface area (Å²) >= 11 is 0. The van der Waals surface area contributed by atoms with E-state index in [4.69, 9.17) is 0 Å². The predicted octanol–water partition coefficient (Wildman–Crippen LogP) is 1.09. The molecule has 0 amide bonds. The molecule has 1 N–H and O–H groups in total. The van der Waals surface area contributed by atoms with Gasteiger partial charge in [0.15, 0.2) is 0 Å². The van der Waals surface area contributed by atoms with Gasteiger partial charge in [0.25, 0.3) is 0 Å². The molecule has 1 aromatic carbocycles. The number of piperidine rings is 1. The van der Waals surface area contributed by atoms with Crippen molar-refractivity contribution in [2.45, 2.75) is 24.1 Å². The first-order valence-electron chi connectivity index (χ1n) is 6.60. The van der Waals surface area contributed by atoms with E-state index in [0.717, 1.165) is 18.7 Å². The Morgan fingerprint density at radius 3 is 2.45 bits per heavy atom. The van der Waals surface area contributed by atoms with Crippen molar-refractivity contribution in [3.05, 3.63) is 35.9 Å². The van der Waals surface area contributed by atoms with Crippen LogP contribution in [0.5, 0.6) is 0 Å². The number of nitrogens with zero attached hydrogens (tertiary/aromatic N) is 2. The average molecular weight is 293 g/mol. The summed E-state index contributed by atoms with van der Waals surface area (Å²) in [5, 5.41) is 9.36. The van der Waals surface area contributed by atoms with Crippen LogP contribution in [-0.2, 0) is 15.8 Å². The number of hydrogen-bond donors (Lipinski definition) is 1. The standard InChI is InChI=1S/C14H19N3O2S/c1-17-9-7-14(12-15,8-10-17)16-20(18,19)11-13-5-3-2-4-6-13/h2-6,16H,7-11H2,1H3. The fourth-order valence-electron chi connectivity index (χ4n) is 2.36. The molecule has 1 aliphatic heterocycles. The number of hydrogen-bond acceptors (Lipinski definition) is 4. The van der Waals surface area contributed by atoms with Gasteiger partial charge in [0.1, 0.15) is 5.54 Å². The first kappa shape index (κ1) is 15.0. The molecule has 5 nitrogen and oxygen atoms in total. The second kappa shape index (κ2) is 5.92. The van der Waals surface area contributed by atoms with E-state index in [1.807, 2.05) is 13.1 Å². The van der Waals surface area contributed by atoms with Crippen LogP contribution in [0.4, 0.5) is 0 Å². The summed E-state index contributed by atoms with van der Waals surface area (Å²) in [5.74, 6) is -0.0902. The first-order chi connectivity index (χ1) is 9.45. The maximum absolute atomic E-state index is 12.2. The van der Waals surface area contributed by atoms with Crippen molar-refractivity contribution in [1.29, 1.82) is 5.26 Å². The van der Waals surface area contributed by atoms with Gasteiger partial charge in [0.05, 0.1) is 11.8 Å². The highest BCUT2D eigenvalue weighted by Gasteiger charge is 2.37. The third kappa shape index (κ3) is 3.79. The Kier molecular flexibility index (Phi) is 4.43. The summed E-state index contributed by atoms with van der Waals surface area (Å²) < 4.78 is 27.1. The lowest BCUT2D eigenvalue weighted by atomic mass is 9.91. The molecule has 2 rings (SSSR count). The van der Waals surface area contributed by atoms with Gasteiger partial charge in [-0.25, -0.2) is 8.42 Å². The van der Waals surface area contributed by atoms with Gasteiger partial charge in [-0.05, 0) is 25.5 Å². The lowest BCUT2D eigenvalue weighted by molar-refractivity contribution is 0.213. The van der Waals surface area contributed by atoms with E-state index in [9.17, 15) is 13.7 Å². The summed E-state index contributed by atoms with van der Waals surface area (Å²) in [6.45, 7) is 1.45. The molecule has 0 bridgehead atoms. The zero-order valence-electron chi connectivity index (χ0n) is 11.5. The lowest BCUT2D eigenvalue weighted by Gasteiger charge is -2.35. The van der Waals surface area contributed by atoms with Crippen LogP contribution in [0, 0.1) is 11.3 Å². The second-order valence-electron chi connectivity index (χ2n) is 5.34. The smallest absolute Gasteiger partial charge is 0.217 e. The van der Waals surface area contributed by atoms with Crippen molar-refractivity contribution < 1.29 is 8.42 Å². The lowest BCUT2D eigenvalue weighted by Crippen LogP contribution is -2.53. The van der Waals surface area contributed by atoms with Gasteiger partial charge < -0.3 is 4.90 Å². The molecule has 1 aromatic rings. The highest BCUT2D eigenvalue weighted by Crippen LogP contribution is 2.22. The minimum absolute atomic E-state index is 0.0902. The third-order valence-corrected chi connectivity index (χ3v) is 5.02. The molecule has 0 atom stereocenters. The van der Waals surface area contributed by atoms with E-state index in [1.54, 1.807) is 24.3 Å². The average Bonchev–Trinajstić information content (AvgIpc) is 2.42. The number of nitrogens with one attached hydrogen (secondary N) is 1. The predicted molar refractivity (Wildman–Crippen MR) is 77.3 cm³/mol. The highest BCUT2D eigenvalue weighted by atomic mass is 32.2. The zero-order valence-corrected chi connectivity index (χ0v) is 12.4. The topological polar surface area (TPSA) is 73.2 Å². The maximum Gasteiger partial charge on any atom is 0.217 e. The van der Waals surface area contributed by atoms with Crippen LogP contribution in [0.3, 0.4) is 0 Å². The largest absolute Gasteiger partial charge is 0.306 e. The minimum Gasteiger partial charge on any atom is -0.306 e. The van der Waals surface area contributed by atoms with Crippen LogP contribution in [-0.4, -0.2) is 39.0 Å². The molecule has 0 radical (unpaired) electrons. The Morgan fingerprint density at radius 2 is 1.90 bits per heavy atom.